The van der Waals surface area contributed by atoms with Gasteiger partial charge >= 0.3 is 0 Å². The molecule has 0 fully saturated rings. The van der Waals surface area contributed by atoms with Crippen molar-refractivity contribution in [3.8, 4) is 0 Å². The zero-order valence-corrected chi connectivity index (χ0v) is 11.0. The smallest absolute Gasteiger partial charge is 0.276 e. The summed E-state index contributed by atoms with van der Waals surface area (Å²) in [7, 11) is 4.87. The number of rotatable bonds is 4. The second-order valence-corrected chi connectivity index (χ2v) is 4.29. The number of halogens is 1. The molecule has 0 radical (unpaired) electrons. The molecule has 1 heterocycles. The third kappa shape index (κ3) is 3.56. The van der Waals surface area contributed by atoms with Crippen LogP contribution in [0.5, 0.6) is 0 Å². The Labute approximate surface area is 109 Å². The van der Waals surface area contributed by atoms with E-state index in [2.05, 4.69) is 4.98 Å². The van der Waals surface area contributed by atoms with Crippen LogP contribution >= 0.6 is 11.6 Å². The maximum absolute atomic E-state index is 11.5. The lowest BCUT2D eigenvalue weighted by atomic mass is 10.3. The third-order valence-corrected chi connectivity index (χ3v) is 2.43. The Morgan fingerprint density at radius 2 is 2.06 bits per heavy atom. The summed E-state index contributed by atoms with van der Waals surface area (Å²) < 4.78 is 0. The number of anilines is 1. The maximum atomic E-state index is 11.5. The summed E-state index contributed by atoms with van der Waals surface area (Å²) in [6.45, 7) is 0.0670. The van der Waals surface area contributed by atoms with Crippen molar-refractivity contribution < 1.29 is 9.72 Å². The van der Waals surface area contributed by atoms with Crippen molar-refractivity contribution in [3.05, 3.63) is 27.4 Å². The summed E-state index contributed by atoms with van der Waals surface area (Å²) >= 11 is 5.70. The van der Waals surface area contributed by atoms with Crippen molar-refractivity contribution in [3.63, 3.8) is 0 Å². The summed E-state index contributed by atoms with van der Waals surface area (Å²) in [5.74, 6) is 0.145. The minimum atomic E-state index is -0.557. The molecule has 8 heteroatoms. The topological polar surface area (TPSA) is 79.6 Å². The van der Waals surface area contributed by atoms with Crippen molar-refractivity contribution in [2.24, 2.45) is 0 Å². The highest BCUT2D eigenvalue weighted by Crippen LogP contribution is 2.22. The average Bonchev–Trinajstić information content (AvgIpc) is 2.27. The largest absolute Gasteiger partial charge is 0.350 e. The fraction of sp³-hybridized carbons (Fsp3) is 0.400. The zero-order chi connectivity index (χ0) is 13.9. The predicted octanol–water partition coefficient (Wildman–Crippen LogP) is 1.17. The van der Waals surface area contributed by atoms with Crippen molar-refractivity contribution in [2.75, 3.05) is 32.6 Å². The maximum Gasteiger partial charge on any atom is 0.276 e. The van der Waals surface area contributed by atoms with E-state index in [1.807, 2.05) is 0 Å². The van der Waals surface area contributed by atoms with Gasteiger partial charge in [-0.1, -0.05) is 11.6 Å². The number of carbonyl (C=O) groups excluding carboxylic acids is 1. The van der Waals surface area contributed by atoms with E-state index in [-0.39, 0.29) is 29.1 Å². The molecule has 1 aromatic heterocycles. The fourth-order valence-electron chi connectivity index (χ4n) is 1.20. The highest BCUT2D eigenvalue weighted by molar-refractivity contribution is 6.29. The number of likely N-dealkylation sites (N-methyl/N-ethyl adjacent to an activating group) is 2. The van der Waals surface area contributed by atoms with Gasteiger partial charge in [0.05, 0.1) is 23.6 Å². The van der Waals surface area contributed by atoms with E-state index in [1.165, 1.54) is 15.9 Å². The van der Waals surface area contributed by atoms with Crippen LogP contribution in [0, 0.1) is 10.1 Å². The Hall–Kier alpha value is -1.89. The van der Waals surface area contributed by atoms with Crippen LogP contribution in [-0.4, -0.2) is 48.4 Å². The predicted molar refractivity (Wildman–Crippen MR) is 67.9 cm³/mol. The minimum absolute atomic E-state index is 0.0170. The number of nitrogens with zero attached hydrogens (tertiary/aromatic N) is 4. The van der Waals surface area contributed by atoms with Gasteiger partial charge in [-0.2, -0.15) is 0 Å². The van der Waals surface area contributed by atoms with Crippen LogP contribution < -0.4 is 4.90 Å². The lowest BCUT2D eigenvalue weighted by Gasteiger charge is -2.19. The molecular formula is C10H13ClN4O3. The average molecular weight is 273 g/mol. The fourth-order valence-corrected chi connectivity index (χ4v) is 1.39. The minimum Gasteiger partial charge on any atom is -0.350 e. The van der Waals surface area contributed by atoms with E-state index in [0.29, 0.717) is 0 Å². The molecule has 1 aromatic rings. The van der Waals surface area contributed by atoms with E-state index < -0.39 is 4.92 Å². The van der Waals surface area contributed by atoms with Gasteiger partial charge in [-0.05, 0) is 0 Å². The first-order chi connectivity index (χ1) is 8.31. The number of aromatic nitrogens is 1. The van der Waals surface area contributed by atoms with E-state index in [9.17, 15) is 14.9 Å². The van der Waals surface area contributed by atoms with Crippen molar-refractivity contribution in [1.82, 2.24) is 9.88 Å². The zero-order valence-electron chi connectivity index (χ0n) is 10.3. The van der Waals surface area contributed by atoms with Crippen LogP contribution in [-0.2, 0) is 4.79 Å². The lowest BCUT2D eigenvalue weighted by molar-refractivity contribution is -0.384. The first-order valence-electron chi connectivity index (χ1n) is 5.04. The van der Waals surface area contributed by atoms with Gasteiger partial charge in [-0.3, -0.25) is 14.9 Å². The molecule has 0 aliphatic rings. The number of carbonyl (C=O) groups is 1. The lowest BCUT2D eigenvalue weighted by Crippen LogP contribution is -2.34. The summed E-state index contributed by atoms with van der Waals surface area (Å²) in [6.07, 6.45) is 0. The molecule has 1 amide bonds. The van der Waals surface area contributed by atoms with Crippen molar-refractivity contribution in [1.29, 1.82) is 0 Å². The van der Waals surface area contributed by atoms with Crippen LogP contribution in [0.1, 0.15) is 0 Å². The van der Waals surface area contributed by atoms with E-state index in [4.69, 9.17) is 11.6 Å². The third-order valence-electron chi connectivity index (χ3n) is 2.24. The normalized spacial score (nSPS) is 10.0. The van der Waals surface area contributed by atoms with Crippen molar-refractivity contribution in [2.45, 2.75) is 0 Å². The van der Waals surface area contributed by atoms with Gasteiger partial charge in [0.15, 0.2) is 0 Å². The van der Waals surface area contributed by atoms with Crippen LogP contribution in [0.15, 0.2) is 12.1 Å². The molecule has 0 aliphatic heterocycles. The number of hydrogen-bond acceptors (Lipinski definition) is 5. The highest BCUT2D eigenvalue weighted by Gasteiger charge is 2.15. The monoisotopic (exact) mass is 272 g/mol. The first kappa shape index (κ1) is 14.2. The second-order valence-electron chi connectivity index (χ2n) is 3.91. The van der Waals surface area contributed by atoms with Gasteiger partial charge in [0.2, 0.25) is 5.91 Å². The Morgan fingerprint density at radius 3 is 2.56 bits per heavy atom. The molecule has 0 saturated heterocycles. The van der Waals surface area contributed by atoms with Crippen LogP contribution in [0.4, 0.5) is 11.5 Å². The molecule has 1 rings (SSSR count). The second kappa shape index (κ2) is 5.63. The van der Waals surface area contributed by atoms with E-state index in [1.54, 1.807) is 21.1 Å². The highest BCUT2D eigenvalue weighted by atomic mass is 35.5. The van der Waals surface area contributed by atoms with Crippen LogP contribution in [0.25, 0.3) is 0 Å². The number of pyridine rings is 1. The number of amides is 1. The molecule has 0 unspecified atom stereocenters. The number of nitro groups is 1. The Balaban J connectivity index is 2.95. The molecule has 0 spiro atoms. The summed E-state index contributed by atoms with van der Waals surface area (Å²) in [5, 5.41) is 10.7. The van der Waals surface area contributed by atoms with Crippen LogP contribution in [0.3, 0.4) is 0 Å². The molecule has 0 aliphatic carbocycles. The van der Waals surface area contributed by atoms with E-state index >= 15 is 0 Å². The standard InChI is InChI=1S/C10H13ClN4O3/c1-13(2)10(16)6-14(3)9-5-7(15(17)18)4-8(11)12-9/h4-5H,6H2,1-3H3. The molecule has 18 heavy (non-hydrogen) atoms. The van der Waals surface area contributed by atoms with Gasteiger partial charge < -0.3 is 9.80 Å². The Kier molecular flexibility index (Phi) is 4.43. The molecule has 7 nitrogen and oxygen atoms in total. The van der Waals surface area contributed by atoms with Gasteiger partial charge in [0, 0.05) is 21.1 Å². The van der Waals surface area contributed by atoms with Gasteiger partial charge in [0.1, 0.15) is 11.0 Å². The molecule has 0 saturated carbocycles. The van der Waals surface area contributed by atoms with Gasteiger partial charge in [0.25, 0.3) is 5.69 Å². The quantitative estimate of drug-likeness (QED) is 0.467. The van der Waals surface area contributed by atoms with E-state index in [0.717, 1.165) is 6.07 Å². The molecule has 0 atom stereocenters. The number of hydrogen-bond donors (Lipinski definition) is 0. The molecule has 98 valence electrons. The van der Waals surface area contributed by atoms with Gasteiger partial charge in [-0.25, -0.2) is 4.98 Å². The summed E-state index contributed by atoms with van der Waals surface area (Å²) in [6, 6.07) is 2.43. The van der Waals surface area contributed by atoms with Crippen LogP contribution in [0.2, 0.25) is 5.15 Å². The molecular weight excluding hydrogens is 260 g/mol. The summed E-state index contributed by atoms with van der Waals surface area (Å²) in [5.41, 5.74) is -0.158. The van der Waals surface area contributed by atoms with Gasteiger partial charge in [-0.15, -0.1) is 0 Å². The Morgan fingerprint density at radius 1 is 1.44 bits per heavy atom. The molecule has 0 N–H and O–H groups in total. The van der Waals surface area contributed by atoms with Crippen molar-refractivity contribution >= 4 is 29.0 Å². The SMILES string of the molecule is CN(C)C(=O)CN(C)c1cc([N+](=O)[O-])cc(Cl)n1. The first-order valence-corrected chi connectivity index (χ1v) is 5.42. The molecule has 0 aromatic carbocycles. The summed E-state index contributed by atoms with van der Waals surface area (Å²) in [4.78, 5) is 28.5. The molecule has 0 bridgehead atoms. The Bertz CT molecular complexity index is 478.